The molecule has 0 saturated carbocycles. The van der Waals surface area contributed by atoms with E-state index in [1.807, 2.05) is 0 Å². The van der Waals surface area contributed by atoms with Gasteiger partial charge < -0.3 is 9.64 Å². The lowest BCUT2D eigenvalue weighted by Gasteiger charge is -2.32. The van der Waals surface area contributed by atoms with E-state index in [9.17, 15) is 18.0 Å². The molecule has 10 heteroatoms. The summed E-state index contributed by atoms with van der Waals surface area (Å²) in [6.45, 7) is 0.833. The van der Waals surface area contributed by atoms with Gasteiger partial charge in [0.2, 0.25) is 0 Å². The molecule has 1 aromatic carbocycles. The van der Waals surface area contributed by atoms with Gasteiger partial charge in [-0.15, -0.1) is 0 Å². The number of benzene rings is 1. The van der Waals surface area contributed by atoms with E-state index in [-0.39, 0.29) is 23.3 Å². The SMILES string of the molecule is COc1ccc(C(=O)N2CCCC(c3cc(C(F)(F)F)n4ncnc4n3)C2)cc1. The molecule has 0 N–H and O–H groups in total. The van der Waals surface area contributed by atoms with Crippen molar-refractivity contribution in [1.29, 1.82) is 0 Å². The van der Waals surface area contributed by atoms with Crippen molar-refractivity contribution in [1.82, 2.24) is 24.5 Å². The molecule has 1 amide bonds. The van der Waals surface area contributed by atoms with Crippen LogP contribution in [0.1, 0.15) is 40.5 Å². The van der Waals surface area contributed by atoms with Gasteiger partial charge in [0.25, 0.3) is 11.7 Å². The van der Waals surface area contributed by atoms with Crippen LogP contribution in [0.25, 0.3) is 5.78 Å². The van der Waals surface area contributed by atoms with Gasteiger partial charge in [0.05, 0.1) is 12.8 Å². The number of alkyl halides is 3. The molecule has 29 heavy (non-hydrogen) atoms. The first kappa shape index (κ1) is 19.2. The van der Waals surface area contributed by atoms with Crippen LogP contribution in [0.15, 0.2) is 36.7 Å². The van der Waals surface area contributed by atoms with Crippen LogP contribution in [0.3, 0.4) is 0 Å². The van der Waals surface area contributed by atoms with Crippen molar-refractivity contribution in [2.45, 2.75) is 24.9 Å². The van der Waals surface area contributed by atoms with Gasteiger partial charge >= 0.3 is 6.18 Å². The minimum Gasteiger partial charge on any atom is -0.497 e. The third kappa shape index (κ3) is 3.74. The van der Waals surface area contributed by atoms with Crippen LogP contribution in [-0.4, -0.2) is 50.6 Å². The van der Waals surface area contributed by atoms with E-state index in [1.54, 1.807) is 36.3 Å². The fourth-order valence-electron chi connectivity index (χ4n) is 3.56. The molecule has 152 valence electrons. The van der Waals surface area contributed by atoms with Crippen molar-refractivity contribution >= 4 is 11.7 Å². The van der Waals surface area contributed by atoms with Crippen LogP contribution < -0.4 is 4.74 Å². The Morgan fingerprint density at radius 2 is 2.00 bits per heavy atom. The maximum atomic E-state index is 13.4. The molecule has 1 atom stereocenters. The van der Waals surface area contributed by atoms with E-state index in [4.69, 9.17) is 4.74 Å². The Balaban J connectivity index is 1.60. The highest BCUT2D eigenvalue weighted by atomic mass is 19.4. The first-order valence-corrected chi connectivity index (χ1v) is 9.08. The molecule has 0 bridgehead atoms. The summed E-state index contributed by atoms with van der Waals surface area (Å²) in [5.41, 5.74) is -0.151. The lowest BCUT2D eigenvalue weighted by atomic mass is 9.93. The van der Waals surface area contributed by atoms with E-state index in [0.29, 0.717) is 41.8 Å². The number of piperidine rings is 1. The number of carbonyl (C=O) groups excluding carboxylic acids is 1. The maximum Gasteiger partial charge on any atom is 0.433 e. The average Bonchev–Trinajstić information content (AvgIpc) is 3.20. The number of methoxy groups -OCH3 is 1. The zero-order valence-electron chi connectivity index (χ0n) is 15.6. The number of fused-ring (bicyclic) bond motifs is 1. The molecule has 2 aromatic heterocycles. The van der Waals surface area contributed by atoms with Gasteiger partial charge in [-0.3, -0.25) is 4.79 Å². The summed E-state index contributed by atoms with van der Waals surface area (Å²) in [7, 11) is 1.54. The van der Waals surface area contributed by atoms with Crippen molar-refractivity contribution in [3.8, 4) is 5.75 Å². The Labute approximate surface area is 164 Å². The van der Waals surface area contributed by atoms with Crippen LogP contribution in [0.5, 0.6) is 5.75 Å². The number of hydrogen-bond acceptors (Lipinski definition) is 5. The highest BCUT2D eigenvalue weighted by molar-refractivity contribution is 5.94. The van der Waals surface area contributed by atoms with Gasteiger partial charge in [0, 0.05) is 24.6 Å². The molecule has 0 aliphatic carbocycles. The van der Waals surface area contributed by atoms with Gasteiger partial charge in [0.1, 0.15) is 12.1 Å². The van der Waals surface area contributed by atoms with Crippen LogP contribution >= 0.6 is 0 Å². The molecule has 4 rings (SSSR count). The Bertz CT molecular complexity index is 1030. The molecule has 3 heterocycles. The third-order valence-corrected chi connectivity index (χ3v) is 5.03. The van der Waals surface area contributed by atoms with E-state index in [1.165, 1.54) is 0 Å². The molecular weight excluding hydrogens is 387 g/mol. The zero-order chi connectivity index (χ0) is 20.6. The summed E-state index contributed by atoms with van der Waals surface area (Å²) < 4.78 is 46.1. The summed E-state index contributed by atoms with van der Waals surface area (Å²) >= 11 is 0. The molecule has 1 saturated heterocycles. The molecule has 1 aliphatic rings. The molecule has 3 aromatic rings. The van der Waals surface area contributed by atoms with E-state index < -0.39 is 11.9 Å². The van der Waals surface area contributed by atoms with Crippen LogP contribution in [-0.2, 0) is 6.18 Å². The maximum absolute atomic E-state index is 13.4. The summed E-state index contributed by atoms with van der Waals surface area (Å²) in [5, 5.41) is 3.62. The van der Waals surface area contributed by atoms with Crippen LogP contribution in [0.4, 0.5) is 13.2 Å². The average molecular weight is 405 g/mol. The number of likely N-dealkylation sites (tertiary alicyclic amines) is 1. The molecule has 1 aliphatic heterocycles. The predicted octanol–water partition coefficient (Wildman–Crippen LogP) is 3.17. The van der Waals surface area contributed by atoms with Crippen LogP contribution in [0, 0.1) is 0 Å². The summed E-state index contributed by atoms with van der Waals surface area (Å²) in [6.07, 6.45) is -2.23. The number of aromatic nitrogens is 4. The lowest BCUT2D eigenvalue weighted by molar-refractivity contribution is -0.142. The fourth-order valence-corrected chi connectivity index (χ4v) is 3.56. The Hall–Kier alpha value is -3.17. The second-order valence-electron chi connectivity index (χ2n) is 6.85. The highest BCUT2D eigenvalue weighted by Crippen LogP contribution is 2.33. The second kappa shape index (κ2) is 7.34. The molecular formula is C19H18F3N5O2. The second-order valence-corrected chi connectivity index (χ2v) is 6.85. The normalized spacial score (nSPS) is 17.5. The van der Waals surface area contributed by atoms with Crippen molar-refractivity contribution < 1.29 is 22.7 Å². The number of rotatable bonds is 3. The molecule has 1 unspecified atom stereocenters. The van der Waals surface area contributed by atoms with Gasteiger partial charge in [0.15, 0.2) is 5.69 Å². The summed E-state index contributed by atoms with van der Waals surface area (Å²) in [5.74, 6) is 0.0580. The Morgan fingerprint density at radius 3 is 2.69 bits per heavy atom. The number of hydrogen-bond donors (Lipinski definition) is 0. The minimum atomic E-state index is -4.59. The first-order valence-electron chi connectivity index (χ1n) is 9.08. The summed E-state index contributed by atoms with van der Waals surface area (Å²) in [4.78, 5) is 22.6. The zero-order valence-corrected chi connectivity index (χ0v) is 15.6. The molecule has 0 spiro atoms. The van der Waals surface area contributed by atoms with Crippen LogP contribution in [0.2, 0.25) is 0 Å². The van der Waals surface area contributed by atoms with Gasteiger partial charge in [-0.1, -0.05) is 0 Å². The predicted molar refractivity (Wildman–Crippen MR) is 96.7 cm³/mol. The minimum absolute atomic E-state index is 0.103. The van der Waals surface area contributed by atoms with Gasteiger partial charge in [-0.25, -0.2) is 4.98 Å². The smallest absolute Gasteiger partial charge is 0.433 e. The van der Waals surface area contributed by atoms with Crippen molar-refractivity contribution in [3.05, 3.63) is 53.6 Å². The number of carbonyl (C=O) groups is 1. The first-order chi connectivity index (χ1) is 13.9. The van der Waals surface area contributed by atoms with E-state index in [0.717, 1.165) is 12.4 Å². The van der Waals surface area contributed by atoms with Gasteiger partial charge in [-0.05, 0) is 43.2 Å². The fraction of sp³-hybridized carbons (Fsp3) is 0.368. The Morgan fingerprint density at radius 1 is 1.24 bits per heavy atom. The van der Waals surface area contributed by atoms with Crippen molar-refractivity contribution in [2.75, 3.05) is 20.2 Å². The molecule has 0 radical (unpaired) electrons. The van der Waals surface area contributed by atoms with Gasteiger partial charge in [-0.2, -0.15) is 27.8 Å². The number of halogens is 3. The summed E-state index contributed by atoms with van der Waals surface area (Å²) in [6, 6.07) is 7.75. The number of nitrogens with zero attached hydrogens (tertiary/aromatic N) is 5. The van der Waals surface area contributed by atoms with E-state index in [2.05, 4.69) is 15.1 Å². The lowest BCUT2D eigenvalue weighted by Crippen LogP contribution is -2.39. The molecule has 1 fully saturated rings. The highest BCUT2D eigenvalue weighted by Gasteiger charge is 2.36. The number of amides is 1. The Kier molecular flexibility index (Phi) is 4.85. The third-order valence-electron chi connectivity index (χ3n) is 5.03. The van der Waals surface area contributed by atoms with E-state index >= 15 is 0 Å². The quantitative estimate of drug-likeness (QED) is 0.669. The van der Waals surface area contributed by atoms with Crippen molar-refractivity contribution in [2.24, 2.45) is 0 Å². The largest absolute Gasteiger partial charge is 0.497 e. The topological polar surface area (TPSA) is 72.6 Å². The standard InChI is InChI=1S/C19H18F3N5O2/c1-29-14-6-4-12(5-7-14)17(28)26-8-2-3-13(10-26)15-9-16(19(20,21)22)27-18(25-15)23-11-24-27/h4-7,9,11,13H,2-3,8,10H2,1H3. The number of ether oxygens (including phenoxy) is 1. The monoisotopic (exact) mass is 405 g/mol. The van der Waals surface area contributed by atoms with Crippen molar-refractivity contribution in [3.63, 3.8) is 0 Å². The molecule has 7 nitrogen and oxygen atoms in total.